The molecule has 1 saturated heterocycles. The summed E-state index contributed by atoms with van der Waals surface area (Å²) in [5, 5.41) is 2.73. The topological polar surface area (TPSA) is 94.2 Å². The molecular formula is C21H22F2N2O6S. The molecule has 2 aromatic carbocycles. The Balaban J connectivity index is 1.34. The van der Waals surface area contributed by atoms with E-state index in [2.05, 4.69) is 10.1 Å². The normalized spacial score (nSPS) is 17.2. The predicted molar refractivity (Wildman–Crippen MR) is 111 cm³/mol. The van der Waals surface area contributed by atoms with Crippen LogP contribution in [0, 0.1) is 5.92 Å². The Labute approximate surface area is 184 Å². The van der Waals surface area contributed by atoms with Crippen LogP contribution < -0.4 is 19.5 Å². The van der Waals surface area contributed by atoms with Gasteiger partial charge < -0.3 is 19.5 Å². The summed E-state index contributed by atoms with van der Waals surface area (Å²) in [6.45, 7) is -1.73. The lowest BCUT2D eigenvalue weighted by Crippen LogP contribution is -2.41. The van der Waals surface area contributed by atoms with Gasteiger partial charge in [0, 0.05) is 30.8 Å². The van der Waals surface area contributed by atoms with Gasteiger partial charge in [-0.05, 0) is 49.2 Å². The van der Waals surface area contributed by atoms with E-state index in [9.17, 15) is 22.0 Å². The largest absolute Gasteiger partial charge is 0.486 e. The van der Waals surface area contributed by atoms with E-state index in [1.807, 2.05) is 0 Å². The van der Waals surface area contributed by atoms with Gasteiger partial charge in [-0.2, -0.15) is 13.1 Å². The van der Waals surface area contributed by atoms with Gasteiger partial charge in [0.05, 0.1) is 4.90 Å². The SMILES string of the molecule is O=C(Nc1ccc(OC(F)F)cc1)C1CCN(S(=O)(=O)c2ccc3c(c2)OCCO3)CC1. The van der Waals surface area contributed by atoms with Crippen molar-refractivity contribution < 1.29 is 36.2 Å². The predicted octanol–water partition coefficient (Wildman–Crippen LogP) is 3.10. The van der Waals surface area contributed by atoms with Gasteiger partial charge in [-0.3, -0.25) is 4.79 Å². The average Bonchev–Trinajstić information content (AvgIpc) is 2.79. The molecule has 2 aromatic rings. The zero-order valence-corrected chi connectivity index (χ0v) is 17.8. The maximum absolute atomic E-state index is 13.0. The molecule has 0 aliphatic carbocycles. The van der Waals surface area contributed by atoms with E-state index >= 15 is 0 Å². The number of alkyl halides is 2. The smallest absolute Gasteiger partial charge is 0.387 e. The van der Waals surface area contributed by atoms with Crippen molar-refractivity contribution in [3.63, 3.8) is 0 Å². The second-order valence-corrected chi connectivity index (χ2v) is 9.31. The molecule has 0 saturated carbocycles. The Bertz CT molecular complexity index is 1070. The Kier molecular flexibility index (Phi) is 6.47. The summed E-state index contributed by atoms with van der Waals surface area (Å²) >= 11 is 0. The van der Waals surface area contributed by atoms with Gasteiger partial charge in [0.2, 0.25) is 15.9 Å². The number of anilines is 1. The van der Waals surface area contributed by atoms with Crippen LogP contribution in [0.2, 0.25) is 0 Å². The highest BCUT2D eigenvalue weighted by Crippen LogP contribution is 2.34. The van der Waals surface area contributed by atoms with E-state index in [1.54, 1.807) is 6.07 Å². The number of carbonyl (C=O) groups excluding carboxylic acids is 1. The van der Waals surface area contributed by atoms with Crippen LogP contribution in [0.3, 0.4) is 0 Å². The van der Waals surface area contributed by atoms with Gasteiger partial charge in [0.1, 0.15) is 19.0 Å². The molecular weight excluding hydrogens is 446 g/mol. The molecule has 1 N–H and O–H groups in total. The number of hydrogen-bond acceptors (Lipinski definition) is 6. The van der Waals surface area contributed by atoms with E-state index in [4.69, 9.17) is 9.47 Å². The number of sulfonamides is 1. The lowest BCUT2D eigenvalue weighted by Gasteiger charge is -2.30. The van der Waals surface area contributed by atoms with Gasteiger partial charge >= 0.3 is 6.61 Å². The first kappa shape index (κ1) is 22.3. The van der Waals surface area contributed by atoms with Crippen LogP contribution in [0.1, 0.15) is 12.8 Å². The molecule has 1 amide bonds. The lowest BCUT2D eigenvalue weighted by atomic mass is 9.97. The van der Waals surface area contributed by atoms with Crippen LogP contribution in [-0.2, 0) is 14.8 Å². The summed E-state index contributed by atoms with van der Waals surface area (Å²) in [5.41, 5.74) is 0.447. The van der Waals surface area contributed by atoms with Crippen LogP contribution in [0.5, 0.6) is 17.2 Å². The summed E-state index contributed by atoms with van der Waals surface area (Å²) in [4.78, 5) is 12.7. The summed E-state index contributed by atoms with van der Waals surface area (Å²) in [6, 6.07) is 10.1. The molecule has 4 rings (SSSR count). The lowest BCUT2D eigenvalue weighted by molar-refractivity contribution is -0.120. The van der Waals surface area contributed by atoms with Crippen LogP contribution in [0.4, 0.5) is 14.5 Å². The van der Waals surface area contributed by atoms with Crippen LogP contribution in [0.25, 0.3) is 0 Å². The number of benzene rings is 2. The molecule has 0 atom stereocenters. The minimum Gasteiger partial charge on any atom is -0.486 e. The molecule has 2 aliphatic rings. The highest BCUT2D eigenvalue weighted by atomic mass is 32.2. The van der Waals surface area contributed by atoms with Gasteiger partial charge in [-0.15, -0.1) is 0 Å². The molecule has 0 aromatic heterocycles. The molecule has 0 bridgehead atoms. The van der Waals surface area contributed by atoms with Crippen molar-refractivity contribution in [2.45, 2.75) is 24.3 Å². The first-order valence-electron chi connectivity index (χ1n) is 10.1. The average molecular weight is 468 g/mol. The third-order valence-corrected chi connectivity index (χ3v) is 7.22. The molecule has 11 heteroatoms. The summed E-state index contributed by atoms with van der Waals surface area (Å²) < 4.78 is 67.0. The Hall–Kier alpha value is -2.92. The molecule has 1 fully saturated rings. The third-order valence-electron chi connectivity index (χ3n) is 5.32. The molecule has 32 heavy (non-hydrogen) atoms. The van der Waals surface area contributed by atoms with Crippen molar-refractivity contribution in [2.75, 3.05) is 31.6 Å². The monoisotopic (exact) mass is 468 g/mol. The number of piperidine rings is 1. The number of nitrogens with one attached hydrogen (secondary N) is 1. The Morgan fingerprint density at radius 2 is 1.69 bits per heavy atom. The molecule has 2 aliphatic heterocycles. The quantitative estimate of drug-likeness (QED) is 0.700. The minimum atomic E-state index is -3.73. The van der Waals surface area contributed by atoms with E-state index < -0.39 is 16.6 Å². The third kappa shape index (κ3) is 4.94. The fraction of sp³-hybridized carbons (Fsp3) is 0.381. The number of carbonyl (C=O) groups is 1. The van der Waals surface area contributed by atoms with Gasteiger partial charge in [0.25, 0.3) is 0 Å². The van der Waals surface area contributed by atoms with Crippen molar-refractivity contribution >= 4 is 21.6 Å². The minimum absolute atomic E-state index is 0.00402. The van der Waals surface area contributed by atoms with Crippen molar-refractivity contribution in [2.24, 2.45) is 5.92 Å². The van der Waals surface area contributed by atoms with Crippen LogP contribution >= 0.6 is 0 Å². The molecule has 0 spiro atoms. The molecule has 0 radical (unpaired) electrons. The number of fused-ring (bicyclic) bond motifs is 1. The maximum atomic E-state index is 13.0. The Morgan fingerprint density at radius 3 is 2.34 bits per heavy atom. The second kappa shape index (κ2) is 9.29. The summed E-state index contributed by atoms with van der Waals surface area (Å²) in [5.74, 6) is 0.300. The zero-order valence-electron chi connectivity index (χ0n) is 17.0. The van der Waals surface area contributed by atoms with Crippen LogP contribution in [0.15, 0.2) is 47.4 Å². The standard InChI is InChI=1S/C21H22F2N2O6S/c22-21(23)31-16-3-1-15(2-4-16)24-20(26)14-7-9-25(10-8-14)32(27,28)17-5-6-18-19(13-17)30-12-11-29-18/h1-6,13-14,21H,7-12H2,(H,24,26). The van der Waals surface area contributed by atoms with Gasteiger partial charge in [0.15, 0.2) is 11.5 Å². The first-order chi connectivity index (χ1) is 15.3. The van der Waals surface area contributed by atoms with Gasteiger partial charge in [-0.25, -0.2) is 8.42 Å². The number of halogens is 2. The van der Waals surface area contributed by atoms with Crippen LogP contribution in [-0.4, -0.2) is 51.5 Å². The fourth-order valence-corrected chi connectivity index (χ4v) is 5.14. The van der Waals surface area contributed by atoms with Gasteiger partial charge in [-0.1, -0.05) is 0 Å². The highest BCUT2D eigenvalue weighted by Gasteiger charge is 2.33. The summed E-state index contributed by atoms with van der Waals surface area (Å²) in [7, 11) is -3.73. The van der Waals surface area contributed by atoms with E-state index in [0.29, 0.717) is 43.2 Å². The zero-order chi connectivity index (χ0) is 22.7. The van der Waals surface area contributed by atoms with E-state index in [1.165, 1.54) is 40.7 Å². The van der Waals surface area contributed by atoms with E-state index in [0.717, 1.165) is 0 Å². The van der Waals surface area contributed by atoms with E-state index in [-0.39, 0.29) is 35.6 Å². The highest BCUT2D eigenvalue weighted by molar-refractivity contribution is 7.89. The molecule has 2 heterocycles. The summed E-state index contributed by atoms with van der Waals surface area (Å²) in [6.07, 6.45) is 0.727. The fourth-order valence-electron chi connectivity index (χ4n) is 3.66. The van der Waals surface area contributed by atoms with Crippen molar-refractivity contribution in [1.29, 1.82) is 0 Å². The number of nitrogens with zero attached hydrogens (tertiary/aromatic N) is 1. The Morgan fingerprint density at radius 1 is 1.03 bits per heavy atom. The van der Waals surface area contributed by atoms with Crippen molar-refractivity contribution in [3.8, 4) is 17.2 Å². The number of ether oxygens (including phenoxy) is 3. The number of rotatable bonds is 6. The molecule has 8 nitrogen and oxygen atoms in total. The number of hydrogen-bond donors (Lipinski definition) is 1. The number of amides is 1. The van der Waals surface area contributed by atoms with Crippen molar-refractivity contribution in [1.82, 2.24) is 4.31 Å². The second-order valence-electron chi connectivity index (χ2n) is 7.38. The first-order valence-corrected chi connectivity index (χ1v) is 11.5. The van der Waals surface area contributed by atoms with Crippen molar-refractivity contribution in [3.05, 3.63) is 42.5 Å². The molecule has 172 valence electrons. The molecule has 0 unspecified atom stereocenters. The maximum Gasteiger partial charge on any atom is 0.387 e.